The van der Waals surface area contributed by atoms with Crippen molar-refractivity contribution in [3.05, 3.63) is 29.8 Å². The molecule has 3 rings (SSSR count). The average molecular weight is 334 g/mol. The fraction of sp³-hybridized carbons (Fsp3) is 0.556. The number of aryl methyl sites for hydroxylation is 1. The van der Waals surface area contributed by atoms with Gasteiger partial charge in [0, 0.05) is 4.90 Å². The highest BCUT2D eigenvalue weighted by molar-refractivity contribution is 8.00. The first-order valence-corrected chi connectivity index (χ1v) is 8.88. The Kier molecular flexibility index (Phi) is 4.27. The first-order chi connectivity index (χ1) is 10.9. The maximum absolute atomic E-state index is 12.8. The van der Waals surface area contributed by atoms with Crippen molar-refractivity contribution >= 4 is 23.5 Å². The molecule has 0 amide bonds. The van der Waals surface area contributed by atoms with Crippen LogP contribution in [-0.4, -0.2) is 29.4 Å². The molecular weight excluding hydrogens is 312 g/mol. The summed E-state index contributed by atoms with van der Waals surface area (Å²) in [4.78, 5) is 25.3. The molecule has 0 N–H and O–H groups in total. The fourth-order valence-corrected chi connectivity index (χ4v) is 5.00. The van der Waals surface area contributed by atoms with E-state index in [-0.39, 0.29) is 12.4 Å². The standard InChI is InChI=1S/C18H22O4S/c1-4-21-16(20)14-15(19)17(3)10-5-11-18(17,22-14)23-13-8-6-12(2)7-9-13/h6-9,14H,4-5,10-11H2,1-3H3/t14?,17-,18+/m1/s1. The van der Waals surface area contributed by atoms with Crippen molar-refractivity contribution in [1.29, 1.82) is 0 Å². The lowest BCUT2D eigenvalue weighted by Crippen LogP contribution is -2.39. The van der Waals surface area contributed by atoms with Crippen LogP contribution in [0.4, 0.5) is 0 Å². The molecule has 124 valence electrons. The Morgan fingerprint density at radius 2 is 2.04 bits per heavy atom. The van der Waals surface area contributed by atoms with Gasteiger partial charge < -0.3 is 9.47 Å². The lowest BCUT2D eigenvalue weighted by atomic mass is 9.82. The molecule has 1 aliphatic heterocycles. The summed E-state index contributed by atoms with van der Waals surface area (Å²) < 4.78 is 11.1. The van der Waals surface area contributed by atoms with Gasteiger partial charge in [-0.15, -0.1) is 0 Å². The van der Waals surface area contributed by atoms with Gasteiger partial charge in [0.2, 0.25) is 6.10 Å². The number of rotatable bonds is 4. The highest BCUT2D eigenvalue weighted by Crippen LogP contribution is 2.62. The number of esters is 1. The van der Waals surface area contributed by atoms with Crippen LogP contribution in [0.3, 0.4) is 0 Å². The zero-order valence-electron chi connectivity index (χ0n) is 13.8. The van der Waals surface area contributed by atoms with Crippen molar-refractivity contribution in [3.8, 4) is 0 Å². The van der Waals surface area contributed by atoms with Crippen LogP contribution in [0, 0.1) is 12.3 Å². The molecule has 5 heteroatoms. The van der Waals surface area contributed by atoms with E-state index < -0.39 is 22.4 Å². The summed E-state index contributed by atoms with van der Waals surface area (Å²) in [6.07, 6.45) is 1.36. The van der Waals surface area contributed by atoms with Crippen LogP contribution in [0.1, 0.15) is 38.7 Å². The summed E-state index contributed by atoms with van der Waals surface area (Å²) >= 11 is 1.57. The molecule has 0 radical (unpaired) electrons. The summed E-state index contributed by atoms with van der Waals surface area (Å²) in [5.74, 6) is -0.690. The number of carbonyl (C=O) groups excluding carboxylic acids is 2. The van der Waals surface area contributed by atoms with Crippen molar-refractivity contribution < 1.29 is 19.1 Å². The van der Waals surface area contributed by atoms with Crippen LogP contribution in [0.5, 0.6) is 0 Å². The van der Waals surface area contributed by atoms with Crippen molar-refractivity contribution in [2.24, 2.45) is 5.41 Å². The molecule has 1 saturated heterocycles. The Bertz CT molecular complexity index is 626. The average Bonchev–Trinajstić information content (AvgIpc) is 2.94. The second-order valence-corrected chi connectivity index (χ2v) is 7.80. The van der Waals surface area contributed by atoms with E-state index in [2.05, 4.69) is 0 Å². The monoisotopic (exact) mass is 334 g/mol. The minimum absolute atomic E-state index is 0.131. The van der Waals surface area contributed by atoms with Crippen LogP contribution < -0.4 is 0 Å². The molecule has 2 aliphatic rings. The number of thioether (sulfide) groups is 1. The quantitative estimate of drug-likeness (QED) is 0.623. The second-order valence-electron chi connectivity index (χ2n) is 6.47. The third-order valence-electron chi connectivity index (χ3n) is 4.92. The SMILES string of the molecule is CCOC(=O)C1O[C@]2(Sc3ccc(C)cc3)CCC[C@]2(C)C1=O. The summed E-state index contributed by atoms with van der Waals surface area (Å²) in [5, 5.41) is 0. The normalized spacial score (nSPS) is 32.8. The number of hydrogen-bond donors (Lipinski definition) is 0. The number of ether oxygens (including phenoxy) is 2. The minimum atomic E-state index is -1.09. The van der Waals surface area contributed by atoms with E-state index in [1.165, 1.54) is 5.56 Å². The van der Waals surface area contributed by atoms with E-state index >= 15 is 0 Å². The van der Waals surface area contributed by atoms with E-state index in [4.69, 9.17) is 9.47 Å². The minimum Gasteiger partial charge on any atom is -0.464 e. The zero-order valence-corrected chi connectivity index (χ0v) is 14.6. The lowest BCUT2D eigenvalue weighted by Gasteiger charge is -2.34. The smallest absolute Gasteiger partial charge is 0.343 e. The van der Waals surface area contributed by atoms with E-state index in [9.17, 15) is 9.59 Å². The van der Waals surface area contributed by atoms with Crippen LogP contribution in [-0.2, 0) is 19.1 Å². The predicted molar refractivity (Wildman–Crippen MR) is 88.2 cm³/mol. The van der Waals surface area contributed by atoms with Crippen LogP contribution in [0.2, 0.25) is 0 Å². The molecule has 0 spiro atoms. The topological polar surface area (TPSA) is 52.6 Å². The Morgan fingerprint density at radius 3 is 2.70 bits per heavy atom. The maximum atomic E-state index is 12.8. The largest absolute Gasteiger partial charge is 0.464 e. The van der Waals surface area contributed by atoms with Gasteiger partial charge in [-0.2, -0.15) is 0 Å². The molecular formula is C18H22O4S. The highest BCUT2D eigenvalue weighted by Gasteiger charge is 2.67. The Morgan fingerprint density at radius 1 is 1.35 bits per heavy atom. The van der Waals surface area contributed by atoms with Crippen LogP contribution >= 0.6 is 11.8 Å². The number of carbonyl (C=O) groups is 2. The molecule has 1 aromatic rings. The van der Waals surface area contributed by atoms with Gasteiger partial charge in [0.05, 0.1) is 12.0 Å². The molecule has 0 aromatic heterocycles. The van der Waals surface area contributed by atoms with Gasteiger partial charge in [0.1, 0.15) is 4.93 Å². The molecule has 23 heavy (non-hydrogen) atoms. The number of fused-ring (bicyclic) bond motifs is 1. The highest BCUT2D eigenvalue weighted by atomic mass is 32.2. The van der Waals surface area contributed by atoms with Crippen molar-refractivity contribution in [1.82, 2.24) is 0 Å². The molecule has 3 atom stereocenters. The summed E-state index contributed by atoms with van der Waals surface area (Å²) in [6, 6.07) is 8.17. The number of Topliss-reactive ketones (excluding diaryl/α,β-unsaturated/α-hetero) is 1. The molecule has 1 aromatic carbocycles. The van der Waals surface area contributed by atoms with Gasteiger partial charge in [-0.3, -0.25) is 4.79 Å². The van der Waals surface area contributed by atoms with Gasteiger partial charge in [0.25, 0.3) is 0 Å². The Hall–Kier alpha value is -1.33. The first-order valence-electron chi connectivity index (χ1n) is 8.06. The molecule has 1 unspecified atom stereocenters. The number of benzene rings is 1. The Labute approximate surface area is 140 Å². The van der Waals surface area contributed by atoms with Gasteiger partial charge >= 0.3 is 5.97 Å². The van der Waals surface area contributed by atoms with Gasteiger partial charge in [-0.25, -0.2) is 4.79 Å². The summed E-state index contributed by atoms with van der Waals surface area (Å²) in [6.45, 7) is 5.96. The number of hydrogen-bond acceptors (Lipinski definition) is 5. The van der Waals surface area contributed by atoms with Gasteiger partial charge in [-0.05, 0) is 52.2 Å². The third kappa shape index (κ3) is 2.60. The molecule has 1 aliphatic carbocycles. The third-order valence-corrected chi connectivity index (χ3v) is 6.51. The molecule has 2 fully saturated rings. The zero-order chi connectivity index (χ0) is 16.7. The summed E-state index contributed by atoms with van der Waals surface area (Å²) in [5.41, 5.74) is 0.550. The van der Waals surface area contributed by atoms with Crippen LogP contribution in [0.15, 0.2) is 29.2 Å². The van der Waals surface area contributed by atoms with Crippen LogP contribution in [0.25, 0.3) is 0 Å². The fourth-order valence-electron chi connectivity index (χ4n) is 3.53. The molecule has 1 saturated carbocycles. The van der Waals surface area contributed by atoms with E-state index in [0.29, 0.717) is 0 Å². The second kappa shape index (κ2) is 5.95. The number of ketones is 1. The molecule has 0 bridgehead atoms. The van der Waals surface area contributed by atoms with Crippen molar-refractivity contribution in [2.45, 2.75) is 56.0 Å². The van der Waals surface area contributed by atoms with Crippen molar-refractivity contribution in [3.63, 3.8) is 0 Å². The first kappa shape index (κ1) is 16.5. The van der Waals surface area contributed by atoms with E-state index in [0.717, 1.165) is 24.2 Å². The van der Waals surface area contributed by atoms with Gasteiger partial charge in [0.15, 0.2) is 5.78 Å². The van der Waals surface area contributed by atoms with E-state index in [1.807, 2.05) is 38.1 Å². The molecule has 4 nitrogen and oxygen atoms in total. The Balaban J connectivity index is 1.91. The van der Waals surface area contributed by atoms with Crippen molar-refractivity contribution in [2.75, 3.05) is 6.61 Å². The van der Waals surface area contributed by atoms with E-state index in [1.54, 1.807) is 18.7 Å². The van der Waals surface area contributed by atoms with Gasteiger partial charge in [-0.1, -0.05) is 29.5 Å². The predicted octanol–water partition coefficient (Wildman–Crippen LogP) is 3.50. The summed E-state index contributed by atoms with van der Waals surface area (Å²) in [7, 11) is 0. The lowest BCUT2D eigenvalue weighted by molar-refractivity contribution is -0.159. The maximum Gasteiger partial charge on any atom is 0.343 e. The molecule has 1 heterocycles.